The van der Waals surface area contributed by atoms with Gasteiger partial charge in [-0.1, -0.05) is 83.9 Å². The van der Waals surface area contributed by atoms with Crippen LogP contribution in [-0.4, -0.2) is 65.0 Å². The van der Waals surface area contributed by atoms with Gasteiger partial charge < -0.3 is 30.3 Å². The zero-order valence-electron chi connectivity index (χ0n) is 32.5. The van der Waals surface area contributed by atoms with E-state index >= 15 is 0 Å². The van der Waals surface area contributed by atoms with Crippen LogP contribution < -0.4 is 16.9 Å². The first kappa shape index (κ1) is 39.4. The molecule has 0 amide bonds. The van der Waals surface area contributed by atoms with E-state index < -0.39 is 7.12 Å². The van der Waals surface area contributed by atoms with Gasteiger partial charge in [0.2, 0.25) is 0 Å². The minimum absolute atomic E-state index is 0.417. The second-order valence-electron chi connectivity index (χ2n) is 13.9. The lowest BCUT2D eigenvalue weighted by Crippen LogP contribution is -2.29. The third kappa shape index (κ3) is 8.85. The molecule has 0 aliphatic carbocycles. The Morgan fingerprint density at radius 3 is 1.58 bits per heavy atom. The van der Waals surface area contributed by atoms with Crippen molar-refractivity contribution >= 4 is 51.2 Å². The van der Waals surface area contributed by atoms with Gasteiger partial charge in [-0.05, 0) is 59.5 Å². The second-order valence-corrected chi connectivity index (χ2v) is 14.7. The van der Waals surface area contributed by atoms with Crippen LogP contribution >= 0.6 is 15.9 Å². The smallest absolute Gasteiger partial charge is 0.423 e. The van der Waals surface area contributed by atoms with Gasteiger partial charge in [0, 0.05) is 77.6 Å². The molecule has 0 aliphatic heterocycles. The number of nitrogen functional groups attached to an aromatic ring is 2. The number of fused-ring (bicyclic) bond motifs is 2. The number of anilines is 2. The lowest BCUT2D eigenvalue weighted by molar-refractivity contribution is 0.426. The second kappa shape index (κ2) is 17.2. The average Bonchev–Trinajstić information content (AvgIpc) is 4.09. The van der Waals surface area contributed by atoms with E-state index in [1.165, 1.54) is 17.2 Å². The third-order valence-electron chi connectivity index (χ3n) is 9.42. The number of nitrogens with two attached hydrogens (primary N) is 2. The molecule has 0 spiro atoms. The molecule has 6 aromatic heterocycles. The summed E-state index contributed by atoms with van der Waals surface area (Å²) in [6.45, 7) is 4.14. The van der Waals surface area contributed by atoms with E-state index in [1.807, 2.05) is 79.4 Å². The zero-order chi connectivity index (χ0) is 41.8. The van der Waals surface area contributed by atoms with Crippen LogP contribution in [-0.2, 0) is 0 Å². The molecule has 10 rings (SSSR count). The molecular weight excluding hydrogens is 819 g/mol. The molecule has 6 heterocycles. The molecule has 0 atom stereocenters. The molecule has 296 valence electrons. The Hall–Kier alpha value is -7.40. The van der Waals surface area contributed by atoms with Crippen molar-refractivity contribution < 1.29 is 10.0 Å². The van der Waals surface area contributed by atoms with E-state index in [2.05, 4.69) is 103 Å². The molecule has 0 saturated heterocycles. The molecular formula is C44H38BBrN12O2. The number of halogens is 1. The number of nitrogens with zero attached hydrogens (tertiary/aromatic N) is 10. The normalized spacial score (nSPS) is 10.9. The van der Waals surface area contributed by atoms with E-state index in [1.54, 1.807) is 43.2 Å². The molecule has 0 bridgehead atoms. The van der Waals surface area contributed by atoms with Gasteiger partial charge in [0.25, 0.3) is 0 Å². The van der Waals surface area contributed by atoms with Crippen molar-refractivity contribution in [2.24, 2.45) is 0 Å². The molecule has 10 aromatic rings. The van der Waals surface area contributed by atoms with Crippen LogP contribution in [0.3, 0.4) is 0 Å². The maximum absolute atomic E-state index is 8.65. The number of benzene rings is 4. The molecule has 0 radical (unpaired) electrons. The maximum atomic E-state index is 8.65. The van der Waals surface area contributed by atoms with E-state index in [0.717, 1.165) is 61.3 Å². The summed E-state index contributed by atoms with van der Waals surface area (Å²) < 4.78 is 8.44. The fraction of sp³-hybridized carbons (Fsp3) is 0.0455. The van der Waals surface area contributed by atoms with Gasteiger partial charge in [0.05, 0.1) is 17.1 Å². The molecule has 0 fully saturated rings. The van der Waals surface area contributed by atoms with E-state index in [4.69, 9.17) is 26.5 Å². The Kier molecular flexibility index (Phi) is 11.3. The first-order chi connectivity index (χ1) is 29.1. The summed E-state index contributed by atoms with van der Waals surface area (Å²) in [6.07, 6.45) is 18.6. The first-order valence-electron chi connectivity index (χ1n) is 18.7. The monoisotopic (exact) mass is 856 g/mol. The highest BCUT2D eigenvalue weighted by Crippen LogP contribution is 2.26. The lowest BCUT2D eigenvalue weighted by Gasteiger charge is -2.08. The van der Waals surface area contributed by atoms with Crippen LogP contribution in [0, 0.1) is 13.8 Å². The van der Waals surface area contributed by atoms with Crippen LogP contribution in [0.15, 0.2) is 164 Å². The Labute approximate surface area is 353 Å². The highest BCUT2D eigenvalue weighted by molar-refractivity contribution is 9.10. The largest absolute Gasteiger partial charge is 0.488 e. The molecule has 60 heavy (non-hydrogen) atoms. The number of hydrogen-bond acceptors (Lipinski definition) is 10. The Balaban J connectivity index is 0.000000138. The highest BCUT2D eigenvalue weighted by atomic mass is 79.9. The van der Waals surface area contributed by atoms with Crippen LogP contribution in [0.1, 0.15) is 11.1 Å². The molecule has 16 heteroatoms. The number of aromatic nitrogens is 10. The zero-order valence-corrected chi connectivity index (χ0v) is 34.1. The first-order valence-corrected chi connectivity index (χ1v) is 19.5. The number of aryl methyl sites for hydroxylation is 2. The summed E-state index contributed by atoms with van der Waals surface area (Å²) in [5, 5.41) is 17.3. The lowest BCUT2D eigenvalue weighted by atomic mass is 9.80. The van der Waals surface area contributed by atoms with Crippen molar-refractivity contribution in [3.05, 3.63) is 175 Å². The van der Waals surface area contributed by atoms with Crippen molar-refractivity contribution in [2.75, 3.05) is 11.5 Å². The predicted molar refractivity (Wildman–Crippen MR) is 239 cm³/mol. The van der Waals surface area contributed by atoms with E-state index in [9.17, 15) is 0 Å². The Bertz CT molecular complexity index is 3050. The number of hydrogen-bond donors (Lipinski definition) is 4. The SMILES string of the molecule is Cc1ccc(-c2cn(-c3nc(-c4cccc(N)c4)cn4ccnc34)cn2)cc1.Cc1ccc(-c2cn(-c3nc(Br)cn4ccnc34)cn2)cc1.Nc1cccc(B(O)O)c1. The van der Waals surface area contributed by atoms with Crippen LogP contribution in [0.2, 0.25) is 0 Å². The van der Waals surface area contributed by atoms with Gasteiger partial charge >= 0.3 is 7.12 Å². The van der Waals surface area contributed by atoms with Gasteiger partial charge in [-0.25, -0.2) is 29.9 Å². The quantitative estimate of drug-likeness (QED) is 0.103. The molecule has 6 N–H and O–H groups in total. The number of rotatable bonds is 6. The minimum atomic E-state index is -1.43. The third-order valence-corrected chi connectivity index (χ3v) is 9.81. The fourth-order valence-corrected chi connectivity index (χ4v) is 6.72. The number of imidazole rings is 4. The van der Waals surface area contributed by atoms with E-state index in [-0.39, 0.29) is 0 Å². The van der Waals surface area contributed by atoms with Crippen LogP contribution in [0.5, 0.6) is 0 Å². The summed E-state index contributed by atoms with van der Waals surface area (Å²) in [5.41, 5.74) is 22.7. The highest BCUT2D eigenvalue weighted by Gasteiger charge is 2.14. The molecule has 0 saturated carbocycles. The van der Waals surface area contributed by atoms with Gasteiger partial charge in [-0.3, -0.25) is 9.13 Å². The summed E-state index contributed by atoms with van der Waals surface area (Å²) >= 11 is 3.43. The van der Waals surface area contributed by atoms with Crippen LogP contribution in [0.25, 0.3) is 56.7 Å². The molecule has 0 aliphatic rings. The van der Waals surface area contributed by atoms with Crippen LogP contribution in [0.4, 0.5) is 11.4 Å². The van der Waals surface area contributed by atoms with Crippen molar-refractivity contribution in [1.29, 1.82) is 0 Å². The van der Waals surface area contributed by atoms with Gasteiger partial charge in [0.1, 0.15) is 17.3 Å². The standard InChI is InChI=1S/C22H18N6.C16H12BrN5.C6H8BNO2/c1-15-5-7-16(8-6-15)19-12-28(14-25-19)22-21-24-9-10-27(21)13-20(26-22)17-3-2-4-18(23)11-17;1-11-2-4-12(5-3-11)13-8-22(10-19-13)16-15-18-6-7-21(15)9-14(17)20-16;8-6-3-1-2-5(4-6)7(9)10/h2-14H,23H2,1H3;2-10H,1H3;1-4,9-10H,8H2. The summed E-state index contributed by atoms with van der Waals surface area (Å²) in [7, 11) is -1.43. The summed E-state index contributed by atoms with van der Waals surface area (Å²) in [5.74, 6) is 1.46. The van der Waals surface area contributed by atoms with Crippen molar-refractivity contribution in [3.63, 3.8) is 0 Å². The van der Waals surface area contributed by atoms with Gasteiger partial charge in [-0.15, -0.1) is 0 Å². The fourth-order valence-electron chi connectivity index (χ4n) is 6.33. The molecule has 14 nitrogen and oxygen atoms in total. The summed E-state index contributed by atoms with van der Waals surface area (Å²) in [6, 6.07) is 30.8. The van der Waals surface area contributed by atoms with Crippen molar-refractivity contribution in [3.8, 4) is 45.4 Å². The topological polar surface area (TPSA) is 189 Å². The Morgan fingerprint density at radius 2 is 1.07 bits per heavy atom. The minimum Gasteiger partial charge on any atom is -0.423 e. The van der Waals surface area contributed by atoms with Crippen molar-refractivity contribution in [2.45, 2.75) is 13.8 Å². The maximum Gasteiger partial charge on any atom is 0.488 e. The van der Waals surface area contributed by atoms with Crippen molar-refractivity contribution in [1.82, 2.24) is 47.8 Å². The molecule has 0 unspecified atom stereocenters. The van der Waals surface area contributed by atoms with Gasteiger partial charge in [0.15, 0.2) is 22.9 Å². The Morgan fingerprint density at radius 1 is 0.550 bits per heavy atom. The molecule has 4 aromatic carbocycles. The summed E-state index contributed by atoms with van der Waals surface area (Å²) in [4.78, 5) is 27.3. The van der Waals surface area contributed by atoms with E-state index in [0.29, 0.717) is 16.8 Å². The predicted octanol–water partition coefficient (Wildman–Crippen LogP) is 6.74. The van der Waals surface area contributed by atoms with Gasteiger partial charge in [-0.2, -0.15) is 0 Å². The average molecular weight is 858 g/mol.